The van der Waals surface area contributed by atoms with Crippen molar-refractivity contribution in [3.63, 3.8) is 0 Å². The van der Waals surface area contributed by atoms with E-state index in [1.807, 2.05) is 0 Å². The number of ether oxygens (including phenoxy) is 1. The van der Waals surface area contributed by atoms with Crippen molar-refractivity contribution >= 4 is 5.97 Å². The summed E-state index contributed by atoms with van der Waals surface area (Å²) in [6.07, 6.45) is 5.85. The van der Waals surface area contributed by atoms with E-state index in [-0.39, 0.29) is 12.1 Å². The third kappa shape index (κ3) is 2.86. The van der Waals surface area contributed by atoms with Gasteiger partial charge in [-0.3, -0.25) is 0 Å². The second kappa shape index (κ2) is 5.18. The Morgan fingerprint density at radius 1 is 1.57 bits per heavy atom. The van der Waals surface area contributed by atoms with E-state index < -0.39 is 0 Å². The van der Waals surface area contributed by atoms with Gasteiger partial charge in [0.1, 0.15) is 6.10 Å². The molecule has 0 aliphatic heterocycles. The van der Waals surface area contributed by atoms with Gasteiger partial charge in [0.25, 0.3) is 0 Å². The predicted octanol–water partition coefficient (Wildman–Crippen LogP) is 2.93. The van der Waals surface area contributed by atoms with E-state index >= 15 is 0 Å². The van der Waals surface area contributed by atoms with Crippen LogP contribution >= 0.6 is 0 Å². The molecule has 1 aliphatic rings. The average Bonchev–Trinajstić information content (AvgIpc) is 2.20. The first-order valence-electron chi connectivity index (χ1n) is 5.50. The van der Waals surface area contributed by atoms with Crippen molar-refractivity contribution in [2.45, 2.75) is 45.6 Å². The van der Waals surface area contributed by atoms with Gasteiger partial charge in [-0.15, -0.1) is 0 Å². The third-order valence-electron chi connectivity index (χ3n) is 3.13. The third-order valence-corrected chi connectivity index (χ3v) is 3.13. The van der Waals surface area contributed by atoms with Crippen LogP contribution in [0, 0.1) is 11.8 Å². The predicted molar refractivity (Wildman–Crippen MR) is 56.9 cm³/mol. The van der Waals surface area contributed by atoms with Crippen LogP contribution in [-0.4, -0.2) is 12.1 Å². The molecular formula is C12H20O2. The molecule has 0 saturated heterocycles. The number of rotatable bonds is 3. The molecular weight excluding hydrogens is 176 g/mol. The molecule has 0 spiro atoms. The molecule has 0 aromatic carbocycles. The number of carbonyl (C=O) groups excluding carboxylic acids is 1. The van der Waals surface area contributed by atoms with E-state index in [0.29, 0.717) is 5.92 Å². The van der Waals surface area contributed by atoms with Crippen molar-refractivity contribution < 1.29 is 9.53 Å². The molecule has 3 atom stereocenters. The highest BCUT2D eigenvalue weighted by atomic mass is 16.5. The van der Waals surface area contributed by atoms with Crippen molar-refractivity contribution in [2.24, 2.45) is 11.8 Å². The smallest absolute Gasteiger partial charge is 0.330 e. The van der Waals surface area contributed by atoms with Crippen molar-refractivity contribution in [3.8, 4) is 0 Å². The van der Waals surface area contributed by atoms with Crippen LogP contribution in [0.15, 0.2) is 12.7 Å². The Bertz CT molecular complexity index is 210. The first kappa shape index (κ1) is 11.3. The molecule has 2 heteroatoms. The number of hydrogen-bond donors (Lipinski definition) is 0. The zero-order valence-corrected chi connectivity index (χ0v) is 9.16. The molecule has 0 aromatic heterocycles. The van der Waals surface area contributed by atoms with Gasteiger partial charge in [0.15, 0.2) is 0 Å². The Kier molecular flexibility index (Phi) is 4.18. The van der Waals surface area contributed by atoms with Gasteiger partial charge >= 0.3 is 5.97 Å². The molecule has 0 heterocycles. The Balaban J connectivity index is 2.49. The summed E-state index contributed by atoms with van der Waals surface area (Å²) in [4.78, 5) is 11.1. The fourth-order valence-electron chi connectivity index (χ4n) is 2.25. The average molecular weight is 196 g/mol. The molecule has 1 fully saturated rings. The van der Waals surface area contributed by atoms with Crippen LogP contribution < -0.4 is 0 Å². The van der Waals surface area contributed by atoms with E-state index in [9.17, 15) is 4.79 Å². The molecule has 80 valence electrons. The summed E-state index contributed by atoms with van der Waals surface area (Å²) in [5.41, 5.74) is 0. The van der Waals surface area contributed by atoms with Crippen LogP contribution in [0.5, 0.6) is 0 Å². The Morgan fingerprint density at radius 3 is 2.86 bits per heavy atom. The highest BCUT2D eigenvalue weighted by molar-refractivity contribution is 5.81. The standard InChI is InChI=1S/C12H20O2/c1-4-10-8-9(3)6-7-11(10)14-12(13)5-2/h5,9-11H,2,4,6-8H2,1,3H3. The van der Waals surface area contributed by atoms with E-state index in [4.69, 9.17) is 4.74 Å². The van der Waals surface area contributed by atoms with Gasteiger partial charge in [-0.1, -0.05) is 20.4 Å². The number of hydrogen-bond acceptors (Lipinski definition) is 2. The summed E-state index contributed by atoms with van der Waals surface area (Å²) in [7, 11) is 0. The van der Waals surface area contributed by atoms with E-state index in [0.717, 1.165) is 18.8 Å². The van der Waals surface area contributed by atoms with Gasteiger partial charge < -0.3 is 4.74 Å². The highest BCUT2D eigenvalue weighted by Gasteiger charge is 2.29. The lowest BCUT2D eigenvalue weighted by Gasteiger charge is -2.33. The van der Waals surface area contributed by atoms with Crippen LogP contribution in [-0.2, 0) is 9.53 Å². The molecule has 1 aliphatic carbocycles. The summed E-state index contributed by atoms with van der Waals surface area (Å²) >= 11 is 0. The van der Waals surface area contributed by atoms with Gasteiger partial charge in [-0.25, -0.2) is 4.79 Å². The SMILES string of the molecule is C=CC(=O)OC1CCC(C)CC1CC. The molecule has 2 nitrogen and oxygen atoms in total. The molecule has 0 N–H and O–H groups in total. The zero-order chi connectivity index (χ0) is 10.6. The van der Waals surface area contributed by atoms with E-state index in [1.54, 1.807) is 0 Å². The van der Waals surface area contributed by atoms with Crippen molar-refractivity contribution in [1.29, 1.82) is 0 Å². The largest absolute Gasteiger partial charge is 0.459 e. The van der Waals surface area contributed by atoms with Crippen molar-refractivity contribution in [3.05, 3.63) is 12.7 Å². The second-order valence-corrected chi connectivity index (χ2v) is 4.27. The molecule has 0 radical (unpaired) electrons. The molecule has 0 amide bonds. The van der Waals surface area contributed by atoms with Gasteiger partial charge in [0, 0.05) is 6.08 Å². The summed E-state index contributed by atoms with van der Waals surface area (Å²) < 4.78 is 5.34. The first-order valence-corrected chi connectivity index (χ1v) is 5.50. The minimum Gasteiger partial charge on any atom is -0.459 e. The summed E-state index contributed by atoms with van der Waals surface area (Å²) in [6.45, 7) is 7.85. The summed E-state index contributed by atoms with van der Waals surface area (Å²) in [5.74, 6) is 1.05. The summed E-state index contributed by atoms with van der Waals surface area (Å²) in [5, 5.41) is 0. The van der Waals surface area contributed by atoms with Gasteiger partial charge in [0.05, 0.1) is 0 Å². The Hall–Kier alpha value is -0.790. The van der Waals surface area contributed by atoms with Crippen LogP contribution in [0.4, 0.5) is 0 Å². The molecule has 1 saturated carbocycles. The lowest BCUT2D eigenvalue weighted by Crippen LogP contribution is -2.31. The monoisotopic (exact) mass is 196 g/mol. The van der Waals surface area contributed by atoms with Crippen LogP contribution in [0.2, 0.25) is 0 Å². The number of carbonyl (C=O) groups is 1. The zero-order valence-electron chi connectivity index (χ0n) is 9.16. The van der Waals surface area contributed by atoms with Gasteiger partial charge in [0.2, 0.25) is 0 Å². The van der Waals surface area contributed by atoms with Crippen molar-refractivity contribution in [2.75, 3.05) is 0 Å². The fraction of sp³-hybridized carbons (Fsp3) is 0.750. The van der Waals surface area contributed by atoms with Crippen LogP contribution in [0.1, 0.15) is 39.5 Å². The maximum Gasteiger partial charge on any atom is 0.330 e. The second-order valence-electron chi connectivity index (χ2n) is 4.27. The first-order chi connectivity index (χ1) is 6.67. The van der Waals surface area contributed by atoms with E-state index in [1.165, 1.54) is 18.9 Å². The summed E-state index contributed by atoms with van der Waals surface area (Å²) in [6, 6.07) is 0. The molecule has 14 heavy (non-hydrogen) atoms. The Labute approximate surface area is 86.3 Å². The van der Waals surface area contributed by atoms with Crippen LogP contribution in [0.25, 0.3) is 0 Å². The van der Waals surface area contributed by atoms with Gasteiger partial charge in [-0.2, -0.15) is 0 Å². The maximum atomic E-state index is 11.1. The van der Waals surface area contributed by atoms with Crippen LogP contribution in [0.3, 0.4) is 0 Å². The van der Waals surface area contributed by atoms with E-state index in [2.05, 4.69) is 20.4 Å². The molecule has 1 rings (SSSR count). The topological polar surface area (TPSA) is 26.3 Å². The molecule has 3 unspecified atom stereocenters. The maximum absolute atomic E-state index is 11.1. The molecule has 0 aromatic rings. The van der Waals surface area contributed by atoms with Gasteiger partial charge in [-0.05, 0) is 37.5 Å². The molecule has 0 bridgehead atoms. The minimum atomic E-state index is -0.275. The lowest BCUT2D eigenvalue weighted by atomic mass is 9.79. The normalized spacial score (nSPS) is 32.3. The lowest BCUT2D eigenvalue weighted by molar-refractivity contribution is -0.148. The number of esters is 1. The Morgan fingerprint density at radius 2 is 2.29 bits per heavy atom. The van der Waals surface area contributed by atoms with Crippen molar-refractivity contribution in [1.82, 2.24) is 0 Å². The fourth-order valence-corrected chi connectivity index (χ4v) is 2.25. The quantitative estimate of drug-likeness (QED) is 0.512. The highest BCUT2D eigenvalue weighted by Crippen LogP contribution is 2.32. The minimum absolute atomic E-state index is 0.127.